The molecule has 1 aliphatic rings. The van der Waals surface area contributed by atoms with Gasteiger partial charge >= 0.3 is 5.97 Å². The van der Waals surface area contributed by atoms with E-state index in [1.165, 1.54) is 4.90 Å². The Morgan fingerprint density at radius 3 is 2.30 bits per heavy atom. The van der Waals surface area contributed by atoms with E-state index in [1.54, 1.807) is 0 Å². The van der Waals surface area contributed by atoms with Gasteiger partial charge in [-0.05, 0) is 12.8 Å². The Kier molecular flexibility index (Phi) is 8.89. The number of ether oxygens (including phenoxy) is 1. The first-order chi connectivity index (χ1) is 11.0. The highest BCUT2D eigenvalue weighted by Crippen LogP contribution is 2.27. The quantitative estimate of drug-likeness (QED) is 0.332. The van der Waals surface area contributed by atoms with Gasteiger partial charge in [0.05, 0.1) is 12.5 Å². The van der Waals surface area contributed by atoms with E-state index in [9.17, 15) is 14.4 Å². The van der Waals surface area contributed by atoms with Crippen molar-refractivity contribution in [2.75, 3.05) is 13.2 Å². The summed E-state index contributed by atoms with van der Waals surface area (Å²) in [5.41, 5.74) is 0. The Morgan fingerprint density at radius 1 is 1.13 bits per heavy atom. The first-order valence-corrected chi connectivity index (χ1v) is 9.01. The highest BCUT2D eigenvalue weighted by Gasteiger charge is 2.43. The minimum absolute atomic E-state index is 0.0303. The molecule has 1 saturated heterocycles. The lowest BCUT2D eigenvalue weighted by Crippen LogP contribution is -2.57. The molecule has 1 fully saturated rings. The fourth-order valence-corrected chi connectivity index (χ4v) is 2.69. The van der Waals surface area contributed by atoms with Gasteiger partial charge in [-0.25, -0.2) is 0 Å². The lowest BCUT2D eigenvalue weighted by Gasteiger charge is -2.39. The van der Waals surface area contributed by atoms with Crippen LogP contribution in [-0.4, -0.2) is 35.8 Å². The van der Waals surface area contributed by atoms with Crippen molar-refractivity contribution in [2.24, 2.45) is 11.8 Å². The van der Waals surface area contributed by atoms with Crippen LogP contribution >= 0.6 is 0 Å². The van der Waals surface area contributed by atoms with Crippen molar-refractivity contribution in [1.82, 2.24) is 4.90 Å². The molecule has 0 aliphatic carbocycles. The zero-order valence-corrected chi connectivity index (χ0v) is 14.8. The molecule has 1 heterocycles. The number of rotatable bonds is 11. The lowest BCUT2D eigenvalue weighted by molar-refractivity contribution is -0.164. The summed E-state index contributed by atoms with van der Waals surface area (Å²) in [7, 11) is 0. The minimum Gasteiger partial charge on any atom is -0.465 e. The third kappa shape index (κ3) is 6.32. The summed E-state index contributed by atoms with van der Waals surface area (Å²) in [5.74, 6) is -0.583. The molecule has 0 aromatic heterocycles. The van der Waals surface area contributed by atoms with Crippen molar-refractivity contribution in [3.8, 4) is 0 Å². The van der Waals surface area contributed by atoms with Crippen LogP contribution in [0.1, 0.15) is 72.1 Å². The first kappa shape index (κ1) is 19.7. The summed E-state index contributed by atoms with van der Waals surface area (Å²) >= 11 is 0. The van der Waals surface area contributed by atoms with Crippen LogP contribution in [0.25, 0.3) is 0 Å². The number of nitrogens with zero attached hydrogens (tertiary/aromatic N) is 1. The molecule has 132 valence electrons. The second kappa shape index (κ2) is 10.4. The van der Waals surface area contributed by atoms with Gasteiger partial charge < -0.3 is 4.74 Å². The number of carbonyl (C=O) groups is 3. The Balaban J connectivity index is 2.24. The zero-order chi connectivity index (χ0) is 17.2. The lowest BCUT2D eigenvalue weighted by atomic mass is 9.86. The summed E-state index contributed by atoms with van der Waals surface area (Å²) < 4.78 is 5.24. The average molecular weight is 325 g/mol. The molecule has 5 heteroatoms. The number of hydrogen-bond acceptors (Lipinski definition) is 4. The van der Waals surface area contributed by atoms with Gasteiger partial charge in [-0.3, -0.25) is 19.3 Å². The Labute approximate surface area is 139 Å². The third-order valence-corrected chi connectivity index (χ3v) is 4.44. The molecular formula is C18H31NO4. The van der Waals surface area contributed by atoms with Crippen molar-refractivity contribution in [2.45, 2.75) is 72.1 Å². The summed E-state index contributed by atoms with van der Waals surface area (Å²) in [5, 5.41) is 0. The van der Waals surface area contributed by atoms with Crippen molar-refractivity contribution in [1.29, 1.82) is 0 Å². The molecule has 0 spiro atoms. The number of unbranched alkanes of at least 4 members (excludes halogenated alkanes) is 4. The van der Waals surface area contributed by atoms with Gasteiger partial charge in [-0.15, -0.1) is 0 Å². The standard InChI is InChI=1S/C18H31NO4/c1-4-6-8-10-16(20)19-12-15(18(19)22)14(3)13-23-17(21)11-9-7-5-2/h14-15H,4-13H2,1-3H3/t14-,15-/m1/s1. The van der Waals surface area contributed by atoms with Gasteiger partial charge in [0.15, 0.2) is 0 Å². The summed E-state index contributed by atoms with van der Waals surface area (Å²) in [4.78, 5) is 36.9. The topological polar surface area (TPSA) is 63.7 Å². The predicted octanol–water partition coefficient (Wildman–Crippen LogP) is 3.31. The number of β-lactam (4-membered cyclic amide) rings is 1. The highest BCUT2D eigenvalue weighted by molar-refractivity contribution is 6.01. The van der Waals surface area contributed by atoms with Crippen LogP contribution < -0.4 is 0 Å². The van der Waals surface area contributed by atoms with E-state index in [0.717, 1.165) is 38.5 Å². The number of likely N-dealkylation sites (tertiary alicyclic amines) is 1. The zero-order valence-electron chi connectivity index (χ0n) is 14.8. The van der Waals surface area contributed by atoms with Crippen LogP contribution in [0.3, 0.4) is 0 Å². The Bertz CT molecular complexity index is 408. The molecule has 1 rings (SSSR count). The fourth-order valence-electron chi connectivity index (χ4n) is 2.69. The van der Waals surface area contributed by atoms with E-state index in [1.807, 2.05) is 6.92 Å². The van der Waals surface area contributed by atoms with Crippen LogP contribution in [0.4, 0.5) is 0 Å². The third-order valence-electron chi connectivity index (χ3n) is 4.44. The molecular weight excluding hydrogens is 294 g/mol. The molecule has 23 heavy (non-hydrogen) atoms. The van der Waals surface area contributed by atoms with E-state index in [-0.39, 0.29) is 36.2 Å². The minimum atomic E-state index is -0.190. The SMILES string of the molecule is CCCCCC(=O)OC[C@@H](C)[C@H]1CN(C(=O)CCCCC)C1=O. The second-order valence-corrected chi connectivity index (χ2v) is 6.52. The van der Waals surface area contributed by atoms with Crippen molar-refractivity contribution < 1.29 is 19.1 Å². The van der Waals surface area contributed by atoms with E-state index in [0.29, 0.717) is 19.4 Å². The van der Waals surface area contributed by atoms with Gasteiger partial charge in [-0.1, -0.05) is 46.5 Å². The van der Waals surface area contributed by atoms with Crippen LogP contribution in [-0.2, 0) is 19.1 Å². The molecule has 0 saturated carbocycles. The van der Waals surface area contributed by atoms with Gasteiger partial charge in [0, 0.05) is 25.3 Å². The maximum Gasteiger partial charge on any atom is 0.305 e. The Hall–Kier alpha value is -1.39. The van der Waals surface area contributed by atoms with Crippen LogP contribution in [0.2, 0.25) is 0 Å². The van der Waals surface area contributed by atoms with Crippen LogP contribution in [0.5, 0.6) is 0 Å². The number of carbonyl (C=O) groups excluding carboxylic acids is 3. The summed E-state index contributed by atoms with van der Waals surface area (Å²) in [6, 6.07) is 0. The number of imide groups is 1. The van der Waals surface area contributed by atoms with Crippen molar-refractivity contribution in [3.63, 3.8) is 0 Å². The largest absolute Gasteiger partial charge is 0.465 e. The fraction of sp³-hybridized carbons (Fsp3) is 0.833. The van der Waals surface area contributed by atoms with E-state index in [4.69, 9.17) is 4.74 Å². The highest BCUT2D eigenvalue weighted by atomic mass is 16.5. The monoisotopic (exact) mass is 325 g/mol. The van der Waals surface area contributed by atoms with Crippen LogP contribution in [0.15, 0.2) is 0 Å². The normalized spacial score (nSPS) is 18.5. The number of hydrogen-bond donors (Lipinski definition) is 0. The van der Waals surface area contributed by atoms with Gasteiger partial charge in [0.25, 0.3) is 0 Å². The molecule has 0 aromatic rings. The molecule has 5 nitrogen and oxygen atoms in total. The van der Waals surface area contributed by atoms with Crippen molar-refractivity contribution >= 4 is 17.8 Å². The predicted molar refractivity (Wildman–Crippen MR) is 88.6 cm³/mol. The van der Waals surface area contributed by atoms with E-state index < -0.39 is 0 Å². The van der Waals surface area contributed by atoms with Gasteiger partial charge in [0.1, 0.15) is 0 Å². The molecule has 0 N–H and O–H groups in total. The van der Waals surface area contributed by atoms with Crippen molar-refractivity contribution in [3.05, 3.63) is 0 Å². The molecule has 2 amide bonds. The van der Waals surface area contributed by atoms with Gasteiger partial charge in [0.2, 0.25) is 11.8 Å². The Morgan fingerprint density at radius 2 is 1.74 bits per heavy atom. The molecule has 0 bridgehead atoms. The molecule has 0 unspecified atom stereocenters. The maximum atomic E-state index is 12.1. The molecule has 2 atom stereocenters. The number of esters is 1. The first-order valence-electron chi connectivity index (χ1n) is 9.01. The van der Waals surface area contributed by atoms with E-state index in [2.05, 4.69) is 13.8 Å². The average Bonchev–Trinajstić information content (AvgIpc) is 2.52. The smallest absolute Gasteiger partial charge is 0.305 e. The number of amides is 2. The maximum absolute atomic E-state index is 12.1. The summed E-state index contributed by atoms with van der Waals surface area (Å²) in [6.45, 7) is 6.81. The van der Waals surface area contributed by atoms with Gasteiger partial charge in [-0.2, -0.15) is 0 Å². The molecule has 0 radical (unpaired) electrons. The second-order valence-electron chi connectivity index (χ2n) is 6.52. The van der Waals surface area contributed by atoms with Crippen LogP contribution in [0, 0.1) is 11.8 Å². The van der Waals surface area contributed by atoms with E-state index >= 15 is 0 Å². The molecule has 1 aliphatic heterocycles. The summed E-state index contributed by atoms with van der Waals surface area (Å²) in [6.07, 6.45) is 6.77. The molecule has 0 aromatic carbocycles.